The zero-order valence-electron chi connectivity index (χ0n) is 15.8. The van der Waals surface area contributed by atoms with Crippen molar-refractivity contribution in [2.45, 2.75) is 0 Å². The van der Waals surface area contributed by atoms with Crippen LogP contribution in [0, 0.1) is 0 Å². The Bertz CT molecular complexity index is 1270. The Morgan fingerprint density at radius 1 is 1.13 bits per heavy atom. The lowest BCUT2D eigenvalue weighted by Gasteiger charge is -2.30. The fraction of sp³-hybridized carbons (Fsp3) is 0.211. The van der Waals surface area contributed by atoms with Crippen molar-refractivity contribution in [2.75, 3.05) is 36.4 Å². The molecule has 3 N–H and O–H groups in total. The van der Waals surface area contributed by atoms with E-state index in [1.807, 2.05) is 6.07 Å². The van der Waals surface area contributed by atoms with E-state index in [0.717, 1.165) is 31.9 Å². The lowest BCUT2D eigenvalue weighted by atomic mass is 10.2. The highest BCUT2D eigenvalue weighted by Crippen LogP contribution is 2.25. The van der Waals surface area contributed by atoms with Crippen LogP contribution in [-0.2, 0) is 0 Å². The molecule has 1 amide bonds. The number of anilines is 2. The highest BCUT2D eigenvalue weighted by atomic mass is 16.4. The molecule has 0 aliphatic carbocycles. The lowest BCUT2D eigenvalue weighted by Crippen LogP contribution is -2.43. The number of para-hydroxylation sites is 2. The van der Waals surface area contributed by atoms with Crippen molar-refractivity contribution in [1.29, 1.82) is 0 Å². The van der Waals surface area contributed by atoms with Crippen LogP contribution in [0.1, 0.15) is 10.7 Å². The molecule has 4 heterocycles. The standard InChI is InChI=1S/C19H18N8O3/c28-16(22-13-11-21-6-5-14(13)26-9-7-20-8-10-26)17-24-25-19(30-17)27-15-4-2-1-3-12(15)23-18(27)29/h1-6,11,20H,7-10H2,(H,22,28)(H,23,29). The van der Waals surface area contributed by atoms with Gasteiger partial charge in [-0.1, -0.05) is 17.2 Å². The number of benzene rings is 1. The fourth-order valence-electron chi connectivity index (χ4n) is 3.48. The number of imidazole rings is 1. The summed E-state index contributed by atoms with van der Waals surface area (Å²) in [6.07, 6.45) is 3.26. The smallest absolute Gasteiger partial charge is 0.334 e. The largest absolute Gasteiger partial charge is 0.398 e. The third-order valence-corrected chi connectivity index (χ3v) is 4.89. The molecule has 0 saturated carbocycles. The van der Waals surface area contributed by atoms with Crippen molar-refractivity contribution in [3.63, 3.8) is 0 Å². The predicted molar refractivity (Wildman–Crippen MR) is 109 cm³/mol. The number of nitrogens with zero attached hydrogens (tertiary/aromatic N) is 5. The van der Waals surface area contributed by atoms with E-state index in [1.54, 1.807) is 36.7 Å². The topological polar surface area (TPSA) is 134 Å². The number of fused-ring (bicyclic) bond motifs is 1. The van der Waals surface area contributed by atoms with E-state index in [4.69, 9.17) is 4.42 Å². The van der Waals surface area contributed by atoms with Gasteiger partial charge >= 0.3 is 23.5 Å². The number of pyridine rings is 1. The maximum absolute atomic E-state index is 12.7. The minimum absolute atomic E-state index is 0.0869. The van der Waals surface area contributed by atoms with Crippen LogP contribution < -0.4 is 21.2 Å². The molecule has 1 saturated heterocycles. The summed E-state index contributed by atoms with van der Waals surface area (Å²) in [6.45, 7) is 3.37. The van der Waals surface area contributed by atoms with E-state index in [9.17, 15) is 9.59 Å². The molecule has 0 bridgehead atoms. The zero-order valence-corrected chi connectivity index (χ0v) is 15.8. The minimum Gasteiger partial charge on any atom is -0.398 e. The van der Waals surface area contributed by atoms with Crippen LogP contribution in [0.4, 0.5) is 11.4 Å². The summed E-state index contributed by atoms with van der Waals surface area (Å²) < 4.78 is 6.73. The van der Waals surface area contributed by atoms with Crippen molar-refractivity contribution in [3.05, 3.63) is 59.1 Å². The number of carbonyl (C=O) groups excluding carboxylic acids is 1. The second kappa shape index (κ2) is 7.44. The summed E-state index contributed by atoms with van der Waals surface area (Å²) in [4.78, 5) is 34.0. The zero-order chi connectivity index (χ0) is 20.5. The Balaban J connectivity index is 1.42. The van der Waals surface area contributed by atoms with Gasteiger partial charge in [0.2, 0.25) is 0 Å². The van der Waals surface area contributed by atoms with Gasteiger partial charge in [0.15, 0.2) is 0 Å². The van der Waals surface area contributed by atoms with Crippen LogP contribution in [0.2, 0.25) is 0 Å². The number of hydrogen-bond acceptors (Lipinski definition) is 8. The first-order valence-electron chi connectivity index (χ1n) is 9.45. The van der Waals surface area contributed by atoms with E-state index >= 15 is 0 Å². The molecule has 11 nitrogen and oxygen atoms in total. The van der Waals surface area contributed by atoms with Crippen LogP contribution in [0.15, 0.2) is 51.9 Å². The van der Waals surface area contributed by atoms with Crippen LogP contribution in [0.25, 0.3) is 17.0 Å². The monoisotopic (exact) mass is 406 g/mol. The summed E-state index contributed by atoms with van der Waals surface area (Å²) in [5.74, 6) is -0.830. The minimum atomic E-state index is -0.578. The van der Waals surface area contributed by atoms with Crippen molar-refractivity contribution < 1.29 is 9.21 Å². The maximum Gasteiger partial charge on any atom is 0.334 e. The number of H-pyrrole nitrogens is 1. The quantitative estimate of drug-likeness (QED) is 0.452. The van der Waals surface area contributed by atoms with Gasteiger partial charge in [0.25, 0.3) is 0 Å². The van der Waals surface area contributed by atoms with Crippen molar-refractivity contribution in [3.8, 4) is 6.01 Å². The Morgan fingerprint density at radius 2 is 1.97 bits per heavy atom. The molecule has 0 spiro atoms. The summed E-state index contributed by atoms with van der Waals surface area (Å²) in [5, 5.41) is 13.8. The highest BCUT2D eigenvalue weighted by Gasteiger charge is 2.21. The molecule has 3 aromatic heterocycles. The average Bonchev–Trinajstić information content (AvgIpc) is 3.38. The van der Waals surface area contributed by atoms with Crippen molar-refractivity contribution in [1.82, 2.24) is 30.0 Å². The average molecular weight is 406 g/mol. The summed E-state index contributed by atoms with van der Waals surface area (Å²) in [5.41, 5.74) is 2.19. The van der Waals surface area contributed by atoms with Crippen LogP contribution in [0.5, 0.6) is 0 Å². The fourth-order valence-corrected chi connectivity index (χ4v) is 3.48. The molecule has 0 atom stereocenters. The van der Waals surface area contributed by atoms with Gasteiger partial charge in [-0.2, -0.15) is 0 Å². The van der Waals surface area contributed by atoms with Gasteiger partial charge in [0, 0.05) is 32.4 Å². The van der Waals surface area contributed by atoms with Gasteiger partial charge in [0.1, 0.15) is 0 Å². The molecule has 1 aromatic carbocycles. The first-order chi connectivity index (χ1) is 14.7. The normalized spacial score (nSPS) is 14.2. The third-order valence-electron chi connectivity index (χ3n) is 4.89. The second-order valence-electron chi connectivity index (χ2n) is 6.76. The summed E-state index contributed by atoms with van der Waals surface area (Å²) in [6, 6.07) is 8.86. The number of aromatic amines is 1. The predicted octanol–water partition coefficient (Wildman–Crippen LogP) is 0.759. The molecule has 11 heteroatoms. The van der Waals surface area contributed by atoms with Crippen LogP contribution in [0.3, 0.4) is 0 Å². The summed E-state index contributed by atoms with van der Waals surface area (Å²) in [7, 11) is 0. The molecule has 0 unspecified atom stereocenters. The first-order valence-corrected chi connectivity index (χ1v) is 9.45. The number of piperazine rings is 1. The highest BCUT2D eigenvalue weighted by molar-refractivity contribution is 6.02. The molecule has 0 radical (unpaired) electrons. The van der Waals surface area contributed by atoms with E-state index in [1.165, 1.54) is 4.57 Å². The van der Waals surface area contributed by atoms with E-state index in [0.29, 0.717) is 16.7 Å². The van der Waals surface area contributed by atoms with Crippen LogP contribution in [-0.4, -0.2) is 56.8 Å². The maximum atomic E-state index is 12.7. The Hall–Kier alpha value is -3.99. The Kier molecular flexibility index (Phi) is 4.48. The van der Waals surface area contributed by atoms with Gasteiger partial charge in [0.05, 0.1) is 28.6 Å². The van der Waals surface area contributed by atoms with E-state index in [2.05, 4.69) is 35.7 Å². The number of hydrogen-bond donors (Lipinski definition) is 3. The molecular formula is C19H18N8O3. The second-order valence-corrected chi connectivity index (χ2v) is 6.76. The van der Waals surface area contributed by atoms with Gasteiger partial charge < -0.3 is 24.9 Å². The Morgan fingerprint density at radius 3 is 2.83 bits per heavy atom. The molecule has 1 fully saturated rings. The number of carbonyl (C=O) groups is 1. The molecule has 4 aromatic rings. The number of aromatic nitrogens is 5. The van der Waals surface area contributed by atoms with Gasteiger partial charge in [-0.25, -0.2) is 9.36 Å². The van der Waals surface area contributed by atoms with Gasteiger partial charge in [-0.3, -0.25) is 9.78 Å². The van der Waals surface area contributed by atoms with Gasteiger partial charge in [-0.15, -0.1) is 5.10 Å². The molecule has 1 aliphatic heterocycles. The molecule has 152 valence electrons. The first kappa shape index (κ1) is 18.1. The molecule has 5 rings (SSSR count). The molecule has 1 aliphatic rings. The lowest BCUT2D eigenvalue weighted by molar-refractivity contribution is 0.0990. The van der Waals surface area contributed by atoms with Crippen LogP contribution >= 0.6 is 0 Å². The number of nitrogens with one attached hydrogen (secondary N) is 3. The third kappa shape index (κ3) is 3.20. The van der Waals surface area contributed by atoms with E-state index < -0.39 is 11.6 Å². The Labute approximate surface area is 169 Å². The summed E-state index contributed by atoms with van der Waals surface area (Å²) >= 11 is 0. The van der Waals surface area contributed by atoms with Gasteiger partial charge in [-0.05, 0) is 18.2 Å². The van der Waals surface area contributed by atoms with E-state index in [-0.39, 0.29) is 11.9 Å². The SMILES string of the molecule is O=C(Nc1cnccc1N1CCNCC1)c1nnc(-n2c(=O)[nH]c3ccccc32)o1. The molecular weight excluding hydrogens is 388 g/mol. The molecule has 30 heavy (non-hydrogen) atoms. The van der Waals surface area contributed by atoms with Crippen molar-refractivity contribution in [2.24, 2.45) is 0 Å². The number of rotatable bonds is 4. The van der Waals surface area contributed by atoms with Crippen molar-refractivity contribution >= 4 is 28.3 Å². The number of amides is 1.